The van der Waals surface area contributed by atoms with Gasteiger partial charge in [0.1, 0.15) is 17.3 Å². The molecule has 2 aromatic rings. The highest BCUT2D eigenvalue weighted by atomic mass is 16.5. The highest BCUT2D eigenvalue weighted by molar-refractivity contribution is 6.46. The fourth-order valence-corrected chi connectivity index (χ4v) is 3.73. The molecule has 0 unspecified atom stereocenters. The van der Waals surface area contributed by atoms with E-state index < -0.39 is 17.7 Å². The molecule has 0 bridgehead atoms. The van der Waals surface area contributed by atoms with Gasteiger partial charge in [0.25, 0.3) is 11.7 Å². The quantitative estimate of drug-likeness (QED) is 0.399. The molecule has 7 heteroatoms. The maximum absolute atomic E-state index is 13.0. The monoisotopic (exact) mass is 424 g/mol. The van der Waals surface area contributed by atoms with Gasteiger partial charge in [0, 0.05) is 12.1 Å². The number of Topliss-reactive ketones (excluding diaryl/α,β-unsaturated/α-hetero) is 1. The summed E-state index contributed by atoms with van der Waals surface area (Å²) in [7, 11) is 7.02. The average molecular weight is 424 g/mol. The van der Waals surface area contributed by atoms with E-state index in [1.807, 2.05) is 31.1 Å². The Kier molecular flexibility index (Phi) is 6.97. The second kappa shape index (κ2) is 9.66. The number of carbonyl (C=O) groups excluding carboxylic acids is 2. The van der Waals surface area contributed by atoms with Gasteiger partial charge in [0.2, 0.25) is 0 Å². The lowest BCUT2D eigenvalue weighted by atomic mass is 9.95. The van der Waals surface area contributed by atoms with Gasteiger partial charge in [-0.25, -0.2) is 0 Å². The molecule has 1 atom stereocenters. The zero-order chi connectivity index (χ0) is 22.5. The maximum Gasteiger partial charge on any atom is 0.295 e. The molecule has 31 heavy (non-hydrogen) atoms. The number of benzene rings is 2. The van der Waals surface area contributed by atoms with E-state index in [-0.39, 0.29) is 11.3 Å². The van der Waals surface area contributed by atoms with E-state index in [4.69, 9.17) is 9.47 Å². The number of hydrogen-bond acceptors (Lipinski definition) is 6. The molecule has 2 aromatic carbocycles. The minimum absolute atomic E-state index is 0.0771. The molecule has 0 aliphatic carbocycles. The van der Waals surface area contributed by atoms with Crippen molar-refractivity contribution in [2.24, 2.45) is 0 Å². The highest BCUT2D eigenvalue weighted by Gasteiger charge is 2.45. The van der Waals surface area contributed by atoms with Gasteiger partial charge in [-0.05, 0) is 69.0 Å². The number of aliphatic hydroxyl groups excluding tert-OH is 1. The van der Waals surface area contributed by atoms with Gasteiger partial charge >= 0.3 is 0 Å². The molecule has 3 rings (SSSR count). The van der Waals surface area contributed by atoms with Gasteiger partial charge in [-0.15, -0.1) is 0 Å². The van der Waals surface area contributed by atoms with Crippen LogP contribution in [-0.2, 0) is 9.59 Å². The number of nitrogens with zero attached hydrogens (tertiary/aromatic N) is 2. The molecule has 1 fully saturated rings. The predicted molar refractivity (Wildman–Crippen MR) is 118 cm³/mol. The molecule has 0 saturated carbocycles. The van der Waals surface area contributed by atoms with Crippen molar-refractivity contribution in [2.45, 2.75) is 12.5 Å². The van der Waals surface area contributed by atoms with Crippen molar-refractivity contribution < 1.29 is 24.2 Å². The van der Waals surface area contributed by atoms with Gasteiger partial charge in [0.15, 0.2) is 0 Å². The molecule has 1 aliphatic rings. The molecule has 1 aliphatic heterocycles. The minimum Gasteiger partial charge on any atom is -0.507 e. The molecule has 1 heterocycles. The smallest absolute Gasteiger partial charge is 0.295 e. The summed E-state index contributed by atoms with van der Waals surface area (Å²) >= 11 is 0. The van der Waals surface area contributed by atoms with Crippen molar-refractivity contribution in [3.8, 4) is 11.5 Å². The van der Waals surface area contributed by atoms with Crippen molar-refractivity contribution in [3.05, 3.63) is 65.2 Å². The Morgan fingerprint density at radius 2 is 1.71 bits per heavy atom. The van der Waals surface area contributed by atoms with E-state index in [0.29, 0.717) is 35.6 Å². The number of carbonyl (C=O) groups is 2. The number of amides is 1. The molecule has 0 aromatic heterocycles. The number of likely N-dealkylation sites (tertiary alicyclic amines) is 1. The first kappa shape index (κ1) is 22.4. The SMILES string of the molecule is COc1ccc(C(O)=C2C(=O)C(=O)N(CCCN(C)C)[C@@H]2c2cccc(OC)c2)cc1. The van der Waals surface area contributed by atoms with Crippen LogP contribution in [0.25, 0.3) is 5.76 Å². The third-order valence-electron chi connectivity index (χ3n) is 5.32. The van der Waals surface area contributed by atoms with Crippen LogP contribution in [-0.4, -0.2) is 68.0 Å². The van der Waals surface area contributed by atoms with Crippen molar-refractivity contribution in [1.82, 2.24) is 9.80 Å². The summed E-state index contributed by atoms with van der Waals surface area (Å²) in [6.45, 7) is 1.16. The fourth-order valence-electron chi connectivity index (χ4n) is 3.73. The van der Waals surface area contributed by atoms with Crippen molar-refractivity contribution in [3.63, 3.8) is 0 Å². The lowest BCUT2D eigenvalue weighted by Gasteiger charge is -2.26. The lowest BCUT2D eigenvalue weighted by molar-refractivity contribution is -0.139. The van der Waals surface area contributed by atoms with Gasteiger partial charge in [-0.2, -0.15) is 0 Å². The number of ketones is 1. The molecule has 1 N–H and O–H groups in total. The first-order valence-electron chi connectivity index (χ1n) is 10.1. The van der Waals surface area contributed by atoms with E-state index in [1.54, 1.807) is 50.6 Å². The number of hydrogen-bond donors (Lipinski definition) is 1. The Balaban J connectivity index is 2.09. The molecule has 7 nitrogen and oxygen atoms in total. The van der Waals surface area contributed by atoms with Crippen molar-refractivity contribution in [2.75, 3.05) is 41.4 Å². The van der Waals surface area contributed by atoms with E-state index in [2.05, 4.69) is 0 Å². The number of aliphatic hydroxyl groups is 1. The maximum atomic E-state index is 13.0. The normalized spacial score (nSPS) is 18.0. The summed E-state index contributed by atoms with van der Waals surface area (Å²) in [6, 6.07) is 13.3. The third-order valence-corrected chi connectivity index (χ3v) is 5.32. The molecule has 1 amide bonds. The largest absolute Gasteiger partial charge is 0.507 e. The second-order valence-corrected chi connectivity index (χ2v) is 7.65. The van der Waals surface area contributed by atoms with E-state index >= 15 is 0 Å². The summed E-state index contributed by atoms with van der Waals surface area (Å²) in [5.74, 6) is -0.262. The zero-order valence-electron chi connectivity index (χ0n) is 18.3. The molecule has 0 radical (unpaired) electrons. The summed E-state index contributed by atoms with van der Waals surface area (Å²) < 4.78 is 10.5. The minimum atomic E-state index is -0.695. The molecular formula is C24H28N2O5. The molecule has 0 spiro atoms. The van der Waals surface area contributed by atoms with Crippen molar-refractivity contribution in [1.29, 1.82) is 0 Å². The Bertz CT molecular complexity index is 982. The van der Waals surface area contributed by atoms with Gasteiger partial charge in [-0.1, -0.05) is 12.1 Å². The molecular weight excluding hydrogens is 396 g/mol. The van der Waals surface area contributed by atoms with Gasteiger partial charge < -0.3 is 24.4 Å². The summed E-state index contributed by atoms with van der Waals surface area (Å²) in [4.78, 5) is 29.5. The second-order valence-electron chi connectivity index (χ2n) is 7.65. The first-order chi connectivity index (χ1) is 14.9. The van der Waals surface area contributed by atoms with Crippen LogP contribution >= 0.6 is 0 Å². The number of ether oxygens (including phenoxy) is 2. The van der Waals surface area contributed by atoms with Crippen LogP contribution in [0.2, 0.25) is 0 Å². The first-order valence-corrected chi connectivity index (χ1v) is 10.1. The van der Waals surface area contributed by atoms with Crippen LogP contribution in [0, 0.1) is 0 Å². The number of rotatable bonds is 8. The van der Waals surface area contributed by atoms with Crippen molar-refractivity contribution >= 4 is 17.4 Å². The summed E-state index contributed by atoms with van der Waals surface area (Å²) in [6.07, 6.45) is 0.697. The molecule has 164 valence electrons. The van der Waals surface area contributed by atoms with Crippen LogP contribution in [0.5, 0.6) is 11.5 Å². The van der Waals surface area contributed by atoms with Crippen LogP contribution in [0.15, 0.2) is 54.1 Å². The van der Waals surface area contributed by atoms with Crippen LogP contribution < -0.4 is 9.47 Å². The Morgan fingerprint density at radius 3 is 2.32 bits per heavy atom. The van der Waals surface area contributed by atoms with Gasteiger partial charge in [0.05, 0.1) is 25.8 Å². The average Bonchev–Trinajstić information content (AvgIpc) is 3.03. The van der Waals surface area contributed by atoms with Gasteiger partial charge in [-0.3, -0.25) is 9.59 Å². The zero-order valence-corrected chi connectivity index (χ0v) is 18.3. The Labute approximate surface area is 182 Å². The lowest BCUT2D eigenvalue weighted by Crippen LogP contribution is -2.32. The standard InChI is InChI=1S/C24H28N2O5/c1-25(2)13-6-14-26-21(17-7-5-8-19(15-17)31-4)20(23(28)24(26)29)22(27)16-9-11-18(30-3)12-10-16/h5,7-12,15,21,27H,6,13-14H2,1-4H3/t21-/m1/s1. The van der Waals surface area contributed by atoms with E-state index in [1.165, 1.54) is 4.90 Å². The predicted octanol–water partition coefficient (Wildman–Crippen LogP) is 3.08. The highest BCUT2D eigenvalue weighted by Crippen LogP contribution is 2.40. The topological polar surface area (TPSA) is 79.3 Å². The molecule has 1 saturated heterocycles. The van der Waals surface area contributed by atoms with E-state index in [9.17, 15) is 14.7 Å². The fraction of sp³-hybridized carbons (Fsp3) is 0.333. The Hall–Kier alpha value is -3.32. The third kappa shape index (κ3) is 4.72. The number of methoxy groups -OCH3 is 2. The van der Waals surface area contributed by atoms with Crippen LogP contribution in [0.1, 0.15) is 23.6 Å². The summed E-state index contributed by atoms with van der Waals surface area (Å²) in [5, 5.41) is 11.1. The Morgan fingerprint density at radius 1 is 1.03 bits per heavy atom. The van der Waals surface area contributed by atoms with E-state index in [0.717, 1.165) is 6.54 Å². The van der Waals surface area contributed by atoms with Crippen LogP contribution in [0.3, 0.4) is 0 Å². The van der Waals surface area contributed by atoms with Crippen LogP contribution in [0.4, 0.5) is 0 Å². The summed E-state index contributed by atoms with van der Waals surface area (Å²) in [5.41, 5.74) is 1.23.